The Bertz CT molecular complexity index is 713. The van der Waals surface area contributed by atoms with Crippen molar-refractivity contribution in [3.63, 3.8) is 0 Å². The van der Waals surface area contributed by atoms with Crippen LogP contribution in [0.15, 0.2) is 29.7 Å². The fourth-order valence-electron chi connectivity index (χ4n) is 2.73. The van der Waals surface area contributed by atoms with Crippen molar-refractivity contribution < 1.29 is 8.42 Å². The zero-order valence-corrected chi connectivity index (χ0v) is 12.5. The Morgan fingerprint density at radius 2 is 2.24 bits per heavy atom. The lowest BCUT2D eigenvalue weighted by atomic mass is 10.1. The number of hydrogen-bond donors (Lipinski definition) is 1. The first-order chi connectivity index (χ1) is 10.0. The average molecular weight is 307 g/mol. The molecule has 0 saturated carbocycles. The number of sulfone groups is 1. The van der Waals surface area contributed by atoms with Gasteiger partial charge in [-0.3, -0.25) is 20.0 Å². The van der Waals surface area contributed by atoms with Crippen molar-refractivity contribution in [3.8, 4) is 0 Å². The maximum atomic E-state index is 11.8. The Morgan fingerprint density at radius 3 is 2.95 bits per heavy atom. The molecule has 0 radical (unpaired) electrons. The second-order valence-electron chi connectivity index (χ2n) is 5.34. The summed E-state index contributed by atoms with van der Waals surface area (Å²) in [5, 5.41) is 6.75. The summed E-state index contributed by atoms with van der Waals surface area (Å²) in [5.74, 6) is 0.161. The van der Waals surface area contributed by atoms with Crippen LogP contribution in [0, 0.1) is 0 Å². The third kappa shape index (κ3) is 3.11. The monoisotopic (exact) mass is 307 g/mol. The van der Waals surface area contributed by atoms with Crippen molar-refractivity contribution in [2.75, 3.05) is 19.3 Å². The number of aromatic amines is 1. The highest BCUT2D eigenvalue weighted by Gasteiger charge is 2.29. The second-order valence-corrected chi connectivity index (χ2v) is 7.32. The van der Waals surface area contributed by atoms with Crippen molar-refractivity contribution >= 4 is 9.84 Å². The quantitative estimate of drug-likeness (QED) is 0.889. The predicted molar refractivity (Wildman–Crippen MR) is 76.4 cm³/mol. The van der Waals surface area contributed by atoms with Gasteiger partial charge >= 0.3 is 0 Å². The van der Waals surface area contributed by atoms with E-state index in [1.54, 1.807) is 18.6 Å². The zero-order valence-electron chi connectivity index (χ0n) is 11.7. The maximum Gasteiger partial charge on any atom is 0.178 e. The summed E-state index contributed by atoms with van der Waals surface area (Å²) in [6.45, 7) is 2.43. The molecule has 2 aromatic heterocycles. The lowest BCUT2D eigenvalue weighted by Gasteiger charge is -2.15. The molecule has 1 saturated heterocycles. The Morgan fingerprint density at radius 1 is 1.38 bits per heavy atom. The lowest BCUT2D eigenvalue weighted by Crippen LogP contribution is -2.20. The molecule has 2 aromatic rings. The number of likely N-dealkylation sites (tertiary alicyclic amines) is 1. The molecule has 0 aromatic carbocycles. The first-order valence-electron chi connectivity index (χ1n) is 6.74. The number of nitrogens with zero attached hydrogens (tertiary/aromatic N) is 4. The molecule has 1 atom stereocenters. The van der Waals surface area contributed by atoms with Crippen LogP contribution in [0.3, 0.4) is 0 Å². The van der Waals surface area contributed by atoms with Gasteiger partial charge in [0, 0.05) is 43.9 Å². The van der Waals surface area contributed by atoms with Gasteiger partial charge in [0.15, 0.2) is 9.84 Å². The van der Waals surface area contributed by atoms with E-state index in [4.69, 9.17) is 0 Å². The van der Waals surface area contributed by atoms with Crippen molar-refractivity contribution in [3.05, 3.63) is 36.2 Å². The van der Waals surface area contributed by atoms with Gasteiger partial charge in [0.05, 0.1) is 17.6 Å². The minimum Gasteiger partial charge on any atom is -0.297 e. The second kappa shape index (κ2) is 5.53. The number of nitrogens with one attached hydrogen (secondary N) is 1. The molecule has 0 bridgehead atoms. The highest BCUT2D eigenvalue weighted by molar-refractivity contribution is 7.90. The van der Waals surface area contributed by atoms with Crippen molar-refractivity contribution in [1.82, 2.24) is 25.1 Å². The van der Waals surface area contributed by atoms with Crippen LogP contribution >= 0.6 is 0 Å². The van der Waals surface area contributed by atoms with E-state index in [1.165, 1.54) is 12.5 Å². The van der Waals surface area contributed by atoms with E-state index in [1.807, 2.05) is 0 Å². The van der Waals surface area contributed by atoms with Gasteiger partial charge in [-0.1, -0.05) is 0 Å². The summed E-state index contributed by atoms with van der Waals surface area (Å²) >= 11 is 0. The van der Waals surface area contributed by atoms with Crippen molar-refractivity contribution in [1.29, 1.82) is 0 Å². The molecule has 7 nitrogen and oxygen atoms in total. The van der Waals surface area contributed by atoms with E-state index >= 15 is 0 Å². The highest BCUT2D eigenvalue weighted by atomic mass is 32.2. The van der Waals surface area contributed by atoms with Gasteiger partial charge in [0.25, 0.3) is 0 Å². The Kier molecular flexibility index (Phi) is 3.73. The summed E-state index contributed by atoms with van der Waals surface area (Å²) in [7, 11) is -3.24. The van der Waals surface area contributed by atoms with Crippen LogP contribution in [0.25, 0.3) is 0 Å². The minimum atomic E-state index is -3.24. The van der Waals surface area contributed by atoms with Crippen LogP contribution in [0.5, 0.6) is 0 Å². The summed E-state index contributed by atoms with van der Waals surface area (Å²) in [6.07, 6.45) is 8.61. The topological polar surface area (TPSA) is 91.8 Å². The third-order valence-corrected chi connectivity index (χ3v) is 4.84. The van der Waals surface area contributed by atoms with Crippen molar-refractivity contribution in [2.24, 2.45) is 0 Å². The molecule has 0 spiro atoms. The van der Waals surface area contributed by atoms with Crippen LogP contribution in [-0.2, 0) is 16.4 Å². The Hall–Kier alpha value is -1.80. The van der Waals surface area contributed by atoms with Gasteiger partial charge in [0.2, 0.25) is 0 Å². The van der Waals surface area contributed by atoms with E-state index in [-0.39, 0.29) is 5.92 Å². The number of H-pyrrole nitrogens is 1. The fraction of sp³-hybridized carbons (Fsp3) is 0.462. The van der Waals surface area contributed by atoms with Gasteiger partial charge in [-0.05, 0) is 13.0 Å². The normalized spacial score (nSPS) is 20.0. The average Bonchev–Trinajstić information content (AvgIpc) is 3.07. The van der Waals surface area contributed by atoms with E-state index < -0.39 is 9.84 Å². The molecule has 112 valence electrons. The molecule has 1 fully saturated rings. The van der Waals surface area contributed by atoms with E-state index in [2.05, 4.69) is 25.1 Å². The lowest BCUT2D eigenvalue weighted by molar-refractivity contribution is 0.321. The van der Waals surface area contributed by atoms with Gasteiger partial charge < -0.3 is 0 Å². The zero-order chi connectivity index (χ0) is 14.9. The molecule has 1 N–H and O–H groups in total. The molecule has 0 amide bonds. The molecule has 8 heteroatoms. The Labute approximate surface area is 123 Å². The van der Waals surface area contributed by atoms with E-state index in [0.29, 0.717) is 4.90 Å². The predicted octanol–water partition coefficient (Wildman–Crippen LogP) is 0.593. The van der Waals surface area contributed by atoms with E-state index in [9.17, 15) is 8.42 Å². The standard InChI is InChI=1S/C13H17N5O2S/c1-21(19,20)12-7-16-17-13(12)10-2-5-18(8-10)9-11-6-14-3-4-15-11/h3-4,6-7,10H,2,5,8-9H2,1H3,(H,16,17). The van der Waals surface area contributed by atoms with Gasteiger partial charge in [-0.25, -0.2) is 8.42 Å². The van der Waals surface area contributed by atoms with Gasteiger partial charge in [-0.2, -0.15) is 5.10 Å². The van der Waals surface area contributed by atoms with Gasteiger partial charge in [0.1, 0.15) is 4.90 Å². The van der Waals surface area contributed by atoms with E-state index in [0.717, 1.165) is 37.4 Å². The first kappa shape index (κ1) is 14.2. The fourth-order valence-corrected chi connectivity index (χ4v) is 3.58. The Balaban J connectivity index is 1.72. The number of hydrogen-bond acceptors (Lipinski definition) is 6. The molecule has 0 aliphatic carbocycles. The molecule has 3 heterocycles. The minimum absolute atomic E-state index is 0.161. The summed E-state index contributed by atoms with van der Waals surface area (Å²) < 4.78 is 23.5. The summed E-state index contributed by atoms with van der Waals surface area (Å²) in [4.78, 5) is 10.9. The van der Waals surface area contributed by atoms with Gasteiger partial charge in [-0.15, -0.1) is 0 Å². The molecule has 1 aliphatic rings. The maximum absolute atomic E-state index is 11.8. The molecular formula is C13H17N5O2S. The molecular weight excluding hydrogens is 290 g/mol. The van der Waals surface area contributed by atoms with Crippen LogP contribution in [0.2, 0.25) is 0 Å². The highest BCUT2D eigenvalue weighted by Crippen LogP contribution is 2.30. The van der Waals surface area contributed by atoms with Crippen LogP contribution < -0.4 is 0 Å². The summed E-state index contributed by atoms with van der Waals surface area (Å²) in [6, 6.07) is 0. The number of aromatic nitrogens is 4. The smallest absolute Gasteiger partial charge is 0.178 e. The SMILES string of the molecule is CS(=O)(=O)c1cn[nH]c1C1CCN(Cc2cnccn2)C1. The molecule has 21 heavy (non-hydrogen) atoms. The van der Waals surface area contributed by atoms with Crippen LogP contribution in [-0.4, -0.2) is 52.8 Å². The summed E-state index contributed by atoms with van der Waals surface area (Å²) in [5.41, 5.74) is 1.64. The number of rotatable bonds is 4. The van der Waals surface area contributed by atoms with Crippen LogP contribution in [0.1, 0.15) is 23.7 Å². The third-order valence-electron chi connectivity index (χ3n) is 3.71. The van der Waals surface area contributed by atoms with Crippen molar-refractivity contribution in [2.45, 2.75) is 23.8 Å². The molecule has 3 rings (SSSR count). The van der Waals surface area contributed by atoms with Crippen LogP contribution in [0.4, 0.5) is 0 Å². The largest absolute Gasteiger partial charge is 0.297 e. The molecule has 1 aliphatic heterocycles. The first-order valence-corrected chi connectivity index (χ1v) is 8.64. The molecule has 1 unspecified atom stereocenters.